The third kappa shape index (κ3) is 4.26. The number of nitrogens with one attached hydrogen (secondary N) is 2. The Bertz CT molecular complexity index is 1300. The molecule has 2 aliphatic rings. The summed E-state index contributed by atoms with van der Waals surface area (Å²) in [7, 11) is -3.84. The molecule has 1 aromatic carbocycles. The van der Waals surface area contributed by atoms with Crippen molar-refractivity contribution in [2.24, 2.45) is 5.92 Å². The van der Waals surface area contributed by atoms with Gasteiger partial charge in [0.25, 0.3) is 5.56 Å². The lowest BCUT2D eigenvalue weighted by atomic mass is 9.96. The number of hydrogen-bond acceptors (Lipinski definition) is 7. The highest BCUT2D eigenvalue weighted by Gasteiger charge is 2.45. The molecule has 2 aromatic rings. The summed E-state index contributed by atoms with van der Waals surface area (Å²) >= 11 is 0. The fourth-order valence-electron chi connectivity index (χ4n) is 3.88. The van der Waals surface area contributed by atoms with Crippen LogP contribution in [-0.4, -0.2) is 61.0 Å². The number of aromatic amines is 1. The van der Waals surface area contributed by atoms with Gasteiger partial charge in [-0.3, -0.25) is 9.36 Å². The number of carboxylic acids is 1. The highest BCUT2D eigenvalue weighted by Crippen LogP contribution is 2.36. The summed E-state index contributed by atoms with van der Waals surface area (Å²) in [5, 5.41) is 7.89. The fraction of sp³-hybridized carbons (Fsp3) is 0.450. The number of carboxylic acid groups (broad SMARTS) is 1. The molecule has 0 radical (unpaired) electrons. The molecule has 0 bridgehead atoms. The number of aliphatic carboxylic acids is 1. The molecule has 4 rings (SSSR count). The SMILES string of the molecule is CC1(NS(=O)(=O)C(c2ccc3[nH]c(=O)n(C/C=C/C(=O)O)c(=O)c3c2)C2COC2)COC1. The molecule has 0 saturated carbocycles. The van der Waals surface area contributed by atoms with Gasteiger partial charge in [0, 0.05) is 18.5 Å². The van der Waals surface area contributed by atoms with Gasteiger partial charge in [0.1, 0.15) is 5.25 Å². The van der Waals surface area contributed by atoms with Gasteiger partial charge in [-0.2, -0.15) is 0 Å². The molecule has 32 heavy (non-hydrogen) atoms. The molecule has 2 fully saturated rings. The highest BCUT2D eigenvalue weighted by atomic mass is 32.2. The minimum absolute atomic E-state index is 0.129. The molecule has 0 aliphatic carbocycles. The van der Waals surface area contributed by atoms with Gasteiger partial charge in [0.05, 0.1) is 42.9 Å². The lowest BCUT2D eigenvalue weighted by Gasteiger charge is -2.41. The first kappa shape index (κ1) is 22.4. The van der Waals surface area contributed by atoms with E-state index >= 15 is 0 Å². The van der Waals surface area contributed by atoms with E-state index in [1.165, 1.54) is 18.2 Å². The van der Waals surface area contributed by atoms with Crippen LogP contribution < -0.4 is 16.0 Å². The average Bonchev–Trinajstić information content (AvgIpc) is 2.65. The maximum atomic E-state index is 13.3. The first-order chi connectivity index (χ1) is 15.1. The summed E-state index contributed by atoms with van der Waals surface area (Å²) in [6.07, 6.45) is 2.01. The van der Waals surface area contributed by atoms with Crippen molar-refractivity contribution in [1.82, 2.24) is 14.3 Å². The number of benzene rings is 1. The Labute approximate surface area is 182 Å². The minimum Gasteiger partial charge on any atom is -0.478 e. The van der Waals surface area contributed by atoms with Crippen molar-refractivity contribution in [3.05, 3.63) is 56.8 Å². The van der Waals surface area contributed by atoms with E-state index in [2.05, 4.69) is 9.71 Å². The van der Waals surface area contributed by atoms with Crippen LogP contribution in [0, 0.1) is 5.92 Å². The highest BCUT2D eigenvalue weighted by molar-refractivity contribution is 7.89. The van der Waals surface area contributed by atoms with Crippen LogP contribution in [0.25, 0.3) is 10.9 Å². The smallest absolute Gasteiger partial charge is 0.329 e. The van der Waals surface area contributed by atoms with Crippen molar-refractivity contribution >= 4 is 26.9 Å². The minimum atomic E-state index is -3.84. The molecule has 0 spiro atoms. The van der Waals surface area contributed by atoms with Crippen molar-refractivity contribution < 1.29 is 27.8 Å². The predicted molar refractivity (Wildman–Crippen MR) is 114 cm³/mol. The van der Waals surface area contributed by atoms with E-state index in [4.69, 9.17) is 14.6 Å². The molecule has 2 saturated heterocycles. The van der Waals surface area contributed by atoms with Gasteiger partial charge in [0.15, 0.2) is 0 Å². The molecule has 0 amide bonds. The second-order valence-electron chi connectivity index (χ2n) is 8.31. The normalized spacial score (nSPS) is 19.5. The van der Waals surface area contributed by atoms with Crippen LogP contribution in [0.4, 0.5) is 0 Å². The number of ether oxygens (including phenoxy) is 2. The molecular weight excluding hydrogens is 442 g/mol. The van der Waals surface area contributed by atoms with E-state index in [9.17, 15) is 22.8 Å². The molecule has 12 heteroatoms. The van der Waals surface area contributed by atoms with Gasteiger partial charge in [0.2, 0.25) is 10.0 Å². The number of aromatic nitrogens is 2. The number of nitrogens with zero attached hydrogens (tertiary/aromatic N) is 1. The van der Waals surface area contributed by atoms with E-state index in [0.717, 1.165) is 10.6 Å². The number of sulfonamides is 1. The number of carbonyl (C=O) groups is 1. The Morgan fingerprint density at radius 3 is 2.62 bits per heavy atom. The zero-order valence-electron chi connectivity index (χ0n) is 17.2. The summed E-state index contributed by atoms with van der Waals surface area (Å²) in [6.45, 7) is 2.61. The lowest BCUT2D eigenvalue weighted by molar-refractivity contribution is -0.131. The summed E-state index contributed by atoms with van der Waals surface area (Å²) in [5.41, 5.74) is -1.36. The first-order valence-corrected chi connectivity index (χ1v) is 11.5. The van der Waals surface area contributed by atoms with E-state index in [0.29, 0.717) is 5.56 Å². The van der Waals surface area contributed by atoms with Crippen LogP contribution in [0.15, 0.2) is 39.9 Å². The maximum absolute atomic E-state index is 13.3. The molecule has 3 heterocycles. The zero-order chi connectivity index (χ0) is 23.1. The fourth-order valence-corrected chi connectivity index (χ4v) is 5.98. The number of rotatable bonds is 8. The third-order valence-electron chi connectivity index (χ3n) is 5.54. The Morgan fingerprint density at radius 2 is 2.06 bits per heavy atom. The lowest BCUT2D eigenvalue weighted by Crippen LogP contribution is -2.61. The van der Waals surface area contributed by atoms with E-state index < -0.39 is 38.0 Å². The average molecular weight is 465 g/mol. The van der Waals surface area contributed by atoms with Gasteiger partial charge in [-0.15, -0.1) is 0 Å². The van der Waals surface area contributed by atoms with Gasteiger partial charge >= 0.3 is 11.7 Å². The molecule has 2 aliphatic heterocycles. The van der Waals surface area contributed by atoms with Crippen LogP contribution in [0.1, 0.15) is 17.7 Å². The van der Waals surface area contributed by atoms with Crippen molar-refractivity contribution in [2.45, 2.75) is 24.3 Å². The van der Waals surface area contributed by atoms with Crippen LogP contribution >= 0.6 is 0 Å². The number of fused-ring (bicyclic) bond motifs is 1. The Hall–Kier alpha value is -2.80. The van der Waals surface area contributed by atoms with Crippen LogP contribution in [0.5, 0.6) is 0 Å². The third-order valence-corrected chi connectivity index (χ3v) is 7.64. The standard InChI is InChI=1S/C20H23N3O8S/c1-20(10-31-11-20)22-32(28,29)17(13-8-30-9-13)12-4-5-15-14(7-12)18(26)23(19(27)21-15)6-2-3-16(24)25/h2-5,7,13,17,22H,6,8-11H2,1H3,(H,21,27)(H,24,25)/b3-2+. The Morgan fingerprint density at radius 1 is 1.34 bits per heavy atom. The van der Waals surface area contributed by atoms with Crippen LogP contribution in [0.3, 0.4) is 0 Å². The van der Waals surface area contributed by atoms with Crippen molar-refractivity contribution in [3.8, 4) is 0 Å². The van der Waals surface area contributed by atoms with E-state index in [1.807, 2.05) is 0 Å². The quantitative estimate of drug-likeness (QED) is 0.450. The Kier molecular flexibility index (Phi) is 5.79. The summed E-state index contributed by atoms with van der Waals surface area (Å²) < 4.78 is 40.5. The van der Waals surface area contributed by atoms with Crippen LogP contribution in [0.2, 0.25) is 0 Å². The number of allylic oxidation sites excluding steroid dienone is 1. The van der Waals surface area contributed by atoms with Gasteiger partial charge < -0.3 is 19.6 Å². The van der Waals surface area contributed by atoms with E-state index in [1.54, 1.807) is 13.0 Å². The maximum Gasteiger partial charge on any atom is 0.329 e. The molecule has 1 aromatic heterocycles. The topological polar surface area (TPSA) is 157 Å². The monoisotopic (exact) mass is 465 g/mol. The second-order valence-corrected chi connectivity index (χ2v) is 10.1. The zero-order valence-corrected chi connectivity index (χ0v) is 18.1. The molecule has 1 unspecified atom stereocenters. The molecule has 11 nitrogen and oxygen atoms in total. The molecule has 172 valence electrons. The van der Waals surface area contributed by atoms with Crippen molar-refractivity contribution in [2.75, 3.05) is 26.4 Å². The second kappa shape index (κ2) is 8.28. The van der Waals surface area contributed by atoms with Gasteiger partial charge in [-0.05, 0) is 24.6 Å². The summed E-state index contributed by atoms with van der Waals surface area (Å²) in [6, 6.07) is 4.54. The molecule has 3 N–H and O–H groups in total. The summed E-state index contributed by atoms with van der Waals surface area (Å²) in [5.74, 6) is -1.50. The Balaban J connectivity index is 1.77. The predicted octanol–water partition coefficient (Wildman–Crippen LogP) is -0.274. The van der Waals surface area contributed by atoms with Gasteiger partial charge in [-0.1, -0.05) is 12.1 Å². The van der Waals surface area contributed by atoms with Crippen molar-refractivity contribution in [3.63, 3.8) is 0 Å². The molecule has 1 atom stereocenters. The largest absolute Gasteiger partial charge is 0.478 e. The van der Waals surface area contributed by atoms with E-state index in [-0.39, 0.29) is 49.8 Å². The number of hydrogen-bond donors (Lipinski definition) is 3. The number of H-pyrrole nitrogens is 1. The van der Waals surface area contributed by atoms with Crippen LogP contribution in [-0.2, 0) is 30.8 Å². The first-order valence-electron chi connectivity index (χ1n) is 9.94. The van der Waals surface area contributed by atoms with Crippen molar-refractivity contribution in [1.29, 1.82) is 0 Å². The molecular formula is C20H23N3O8S. The summed E-state index contributed by atoms with van der Waals surface area (Å²) in [4.78, 5) is 38.4. The van der Waals surface area contributed by atoms with Gasteiger partial charge in [-0.25, -0.2) is 22.7 Å².